The Labute approximate surface area is 148 Å². The summed E-state index contributed by atoms with van der Waals surface area (Å²) in [5.74, 6) is -0.390. The van der Waals surface area contributed by atoms with Crippen LogP contribution in [0, 0.1) is 26.6 Å². The number of piperazine rings is 1. The lowest BCUT2D eigenvalue weighted by molar-refractivity contribution is 0.385. The summed E-state index contributed by atoms with van der Waals surface area (Å²) in [5.41, 5.74) is 3.88. The van der Waals surface area contributed by atoms with E-state index >= 15 is 0 Å². The summed E-state index contributed by atoms with van der Waals surface area (Å²) in [6.07, 6.45) is 0. The van der Waals surface area contributed by atoms with Crippen molar-refractivity contribution in [1.29, 1.82) is 0 Å². The molecule has 0 saturated carbocycles. The van der Waals surface area contributed by atoms with Gasteiger partial charge in [-0.05, 0) is 67.8 Å². The number of sulfonamides is 1. The lowest BCUT2D eigenvalue weighted by atomic mass is 10.1. The molecule has 0 N–H and O–H groups in total. The van der Waals surface area contributed by atoms with E-state index < -0.39 is 15.8 Å². The molecule has 134 valence electrons. The van der Waals surface area contributed by atoms with Crippen LogP contribution in [0.5, 0.6) is 0 Å². The van der Waals surface area contributed by atoms with Gasteiger partial charge in [-0.15, -0.1) is 0 Å². The van der Waals surface area contributed by atoms with Crippen LogP contribution in [0.15, 0.2) is 41.3 Å². The molecule has 0 amide bonds. The molecular weight excluding hydrogens is 339 g/mol. The summed E-state index contributed by atoms with van der Waals surface area (Å²) in [5, 5.41) is 0. The molecule has 6 heteroatoms. The summed E-state index contributed by atoms with van der Waals surface area (Å²) in [6.45, 7) is 7.83. The van der Waals surface area contributed by atoms with Gasteiger partial charge < -0.3 is 4.90 Å². The van der Waals surface area contributed by atoms with E-state index in [1.54, 1.807) is 6.92 Å². The summed E-state index contributed by atoms with van der Waals surface area (Å²) >= 11 is 0. The molecule has 0 bridgehead atoms. The minimum absolute atomic E-state index is 0.159. The van der Waals surface area contributed by atoms with Crippen LogP contribution in [0.25, 0.3) is 0 Å². The molecule has 0 unspecified atom stereocenters. The Hall–Kier alpha value is -1.92. The maximum absolute atomic E-state index is 13.4. The summed E-state index contributed by atoms with van der Waals surface area (Å²) in [6, 6.07) is 10.3. The van der Waals surface area contributed by atoms with Gasteiger partial charge in [-0.3, -0.25) is 0 Å². The second-order valence-electron chi connectivity index (χ2n) is 6.65. The first-order chi connectivity index (χ1) is 11.8. The number of nitrogens with zero attached hydrogens (tertiary/aromatic N) is 2. The molecule has 1 aliphatic heterocycles. The third kappa shape index (κ3) is 3.70. The highest BCUT2D eigenvalue weighted by Crippen LogP contribution is 2.24. The number of rotatable bonds is 3. The molecule has 0 radical (unpaired) electrons. The van der Waals surface area contributed by atoms with E-state index in [4.69, 9.17) is 0 Å². The number of halogens is 1. The zero-order valence-electron chi connectivity index (χ0n) is 14.8. The van der Waals surface area contributed by atoms with Crippen LogP contribution in [-0.4, -0.2) is 38.9 Å². The third-order valence-electron chi connectivity index (χ3n) is 4.58. The topological polar surface area (TPSA) is 40.6 Å². The Balaban J connectivity index is 1.76. The molecule has 0 atom stereocenters. The molecule has 0 aliphatic carbocycles. The molecule has 0 spiro atoms. The van der Waals surface area contributed by atoms with E-state index in [-0.39, 0.29) is 4.90 Å². The quantitative estimate of drug-likeness (QED) is 0.841. The number of aryl methyl sites for hydroxylation is 3. The molecule has 4 nitrogen and oxygen atoms in total. The first kappa shape index (κ1) is 17.9. The Morgan fingerprint density at radius 1 is 0.880 bits per heavy atom. The highest BCUT2D eigenvalue weighted by Gasteiger charge is 2.29. The fourth-order valence-corrected chi connectivity index (χ4v) is 4.75. The van der Waals surface area contributed by atoms with Crippen molar-refractivity contribution in [2.24, 2.45) is 0 Å². The van der Waals surface area contributed by atoms with Gasteiger partial charge in [0.2, 0.25) is 10.0 Å². The summed E-state index contributed by atoms with van der Waals surface area (Å²) in [7, 11) is -3.58. The Morgan fingerprint density at radius 3 is 2.04 bits per heavy atom. The predicted molar refractivity (Wildman–Crippen MR) is 98.0 cm³/mol. The molecule has 2 aromatic carbocycles. The third-order valence-corrected chi connectivity index (χ3v) is 6.47. The van der Waals surface area contributed by atoms with E-state index in [1.807, 2.05) is 0 Å². The molecule has 1 aliphatic rings. The van der Waals surface area contributed by atoms with E-state index in [2.05, 4.69) is 36.9 Å². The van der Waals surface area contributed by atoms with Crippen LogP contribution in [0.3, 0.4) is 0 Å². The van der Waals surface area contributed by atoms with Crippen molar-refractivity contribution in [3.05, 3.63) is 58.9 Å². The van der Waals surface area contributed by atoms with Crippen LogP contribution in [0.1, 0.15) is 16.7 Å². The van der Waals surface area contributed by atoms with Crippen LogP contribution < -0.4 is 4.90 Å². The molecule has 0 aromatic heterocycles. The second-order valence-corrected chi connectivity index (χ2v) is 8.59. The van der Waals surface area contributed by atoms with Crippen LogP contribution in [0.4, 0.5) is 10.1 Å². The van der Waals surface area contributed by atoms with E-state index in [0.29, 0.717) is 31.7 Å². The first-order valence-electron chi connectivity index (χ1n) is 8.37. The maximum Gasteiger partial charge on any atom is 0.243 e. The lowest BCUT2D eigenvalue weighted by Gasteiger charge is -2.35. The van der Waals surface area contributed by atoms with Crippen molar-refractivity contribution in [2.75, 3.05) is 31.1 Å². The fraction of sp³-hybridized carbons (Fsp3) is 0.368. The molecule has 1 heterocycles. The molecule has 1 saturated heterocycles. The van der Waals surface area contributed by atoms with Crippen molar-refractivity contribution >= 4 is 15.7 Å². The van der Waals surface area contributed by atoms with Gasteiger partial charge in [0.25, 0.3) is 0 Å². The number of anilines is 1. The molecule has 2 aromatic rings. The smallest absolute Gasteiger partial charge is 0.243 e. The van der Waals surface area contributed by atoms with Crippen molar-refractivity contribution in [2.45, 2.75) is 25.7 Å². The number of hydrogen-bond acceptors (Lipinski definition) is 3. The lowest BCUT2D eigenvalue weighted by Crippen LogP contribution is -2.48. The fourth-order valence-electron chi connectivity index (χ4n) is 3.25. The van der Waals surface area contributed by atoms with Crippen LogP contribution >= 0.6 is 0 Å². The summed E-state index contributed by atoms with van der Waals surface area (Å²) in [4.78, 5) is 2.37. The molecule has 1 fully saturated rings. The highest BCUT2D eigenvalue weighted by molar-refractivity contribution is 7.89. The van der Waals surface area contributed by atoms with Gasteiger partial charge in [0.15, 0.2) is 0 Å². The van der Waals surface area contributed by atoms with Gasteiger partial charge in [0.1, 0.15) is 5.82 Å². The normalized spacial score (nSPS) is 16.2. The highest BCUT2D eigenvalue weighted by atomic mass is 32.2. The van der Waals surface area contributed by atoms with E-state index in [9.17, 15) is 12.8 Å². The Kier molecular flexibility index (Phi) is 4.84. The SMILES string of the molecule is Cc1cc(C)cc(N2CCN(S(=O)(=O)c3ccc(F)c(C)c3)CC2)c1. The largest absolute Gasteiger partial charge is 0.369 e. The van der Waals surface area contributed by atoms with Gasteiger partial charge in [0.05, 0.1) is 4.90 Å². The molecule has 3 rings (SSSR count). The number of benzene rings is 2. The predicted octanol–water partition coefficient (Wildman–Crippen LogP) is 3.26. The van der Waals surface area contributed by atoms with Crippen molar-refractivity contribution in [3.8, 4) is 0 Å². The minimum Gasteiger partial charge on any atom is -0.369 e. The average Bonchev–Trinajstić information content (AvgIpc) is 2.56. The van der Waals surface area contributed by atoms with Gasteiger partial charge in [-0.25, -0.2) is 12.8 Å². The standard InChI is InChI=1S/C19H23FN2O2S/c1-14-10-15(2)12-17(11-14)21-6-8-22(9-7-21)25(23,24)18-4-5-19(20)16(3)13-18/h4-5,10-13H,6-9H2,1-3H3. The zero-order valence-corrected chi connectivity index (χ0v) is 15.6. The Bertz CT molecular complexity index is 868. The van der Waals surface area contributed by atoms with Crippen LogP contribution in [0.2, 0.25) is 0 Å². The van der Waals surface area contributed by atoms with Crippen molar-refractivity contribution in [1.82, 2.24) is 4.31 Å². The summed E-state index contributed by atoms with van der Waals surface area (Å²) < 4.78 is 40.5. The average molecular weight is 362 g/mol. The monoisotopic (exact) mass is 362 g/mol. The Morgan fingerprint density at radius 2 is 1.48 bits per heavy atom. The van der Waals surface area contributed by atoms with Gasteiger partial charge in [0, 0.05) is 31.9 Å². The van der Waals surface area contributed by atoms with E-state index in [1.165, 1.54) is 33.6 Å². The van der Waals surface area contributed by atoms with Gasteiger partial charge >= 0.3 is 0 Å². The van der Waals surface area contributed by atoms with Crippen LogP contribution in [-0.2, 0) is 10.0 Å². The second kappa shape index (κ2) is 6.77. The van der Waals surface area contributed by atoms with Gasteiger partial charge in [-0.2, -0.15) is 4.31 Å². The minimum atomic E-state index is -3.58. The zero-order chi connectivity index (χ0) is 18.2. The van der Waals surface area contributed by atoms with E-state index in [0.717, 1.165) is 5.69 Å². The number of hydrogen-bond donors (Lipinski definition) is 0. The van der Waals surface area contributed by atoms with Crippen molar-refractivity contribution in [3.63, 3.8) is 0 Å². The molecule has 25 heavy (non-hydrogen) atoms. The maximum atomic E-state index is 13.4. The first-order valence-corrected chi connectivity index (χ1v) is 9.81. The van der Waals surface area contributed by atoms with Gasteiger partial charge in [-0.1, -0.05) is 6.07 Å². The molecular formula is C19H23FN2O2S. The van der Waals surface area contributed by atoms with Crippen molar-refractivity contribution < 1.29 is 12.8 Å².